The normalized spacial score (nSPS) is 29.8. The molecule has 0 aromatic heterocycles. The van der Waals surface area contributed by atoms with E-state index in [1.54, 1.807) is 0 Å². The molecule has 1 rings (SSSR count). The number of hydrazine groups is 1. The van der Waals surface area contributed by atoms with Crippen molar-refractivity contribution >= 4 is 0 Å². The monoisotopic (exact) mass is 251 g/mol. The van der Waals surface area contributed by atoms with Crippen LogP contribution in [0.2, 0.25) is 0 Å². The van der Waals surface area contributed by atoms with Crippen molar-refractivity contribution in [2.24, 2.45) is 11.8 Å². The minimum Gasteiger partial charge on any atom is -0.302 e. The fourth-order valence-electron chi connectivity index (χ4n) is 3.45. The molecule has 18 heavy (non-hydrogen) atoms. The van der Waals surface area contributed by atoms with Gasteiger partial charge in [0.25, 0.3) is 0 Å². The van der Waals surface area contributed by atoms with Crippen molar-refractivity contribution in [2.75, 3.05) is 14.1 Å². The van der Waals surface area contributed by atoms with Crippen molar-refractivity contribution in [1.29, 1.82) is 0 Å². The first-order valence-electron chi connectivity index (χ1n) is 7.10. The molecule has 1 aliphatic rings. The van der Waals surface area contributed by atoms with E-state index >= 15 is 0 Å². The highest BCUT2D eigenvalue weighted by Gasteiger charge is 2.42. The minimum atomic E-state index is 0.196. The number of likely N-dealkylation sites (N-methyl/N-ethyl adjacent to an activating group) is 1. The van der Waals surface area contributed by atoms with Gasteiger partial charge >= 0.3 is 0 Å². The Balaban J connectivity index is 2.81. The van der Waals surface area contributed by atoms with Crippen molar-refractivity contribution in [2.45, 2.75) is 64.0 Å². The van der Waals surface area contributed by atoms with Crippen LogP contribution in [0.4, 0.5) is 0 Å². The van der Waals surface area contributed by atoms with Gasteiger partial charge in [-0.2, -0.15) is 0 Å². The van der Waals surface area contributed by atoms with E-state index in [-0.39, 0.29) is 5.54 Å². The molecule has 3 atom stereocenters. The van der Waals surface area contributed by atoms with Crippen molar-refractivity contribution in [3.8, 4) is 11.8 Å². The molecule has 0 aromatic rings. The second-order valence-corrected chi connectivity index (χ2v) is 5.88. The number of hydrogen-bond donors (Lipinski definition) is 2. The average Bonchev–Trinajstić information content (AvgIpc) is 2.34. The minimum absolute atomic E-state index is 0.196. The van der Waals surface area contributed by atoms with E-state index in [9.17, 15) is 0 Å². The van der Waals surface area contributed by atoms with Gasteiger partial charge in [-0.1, -0.05) is 19.8 Å². The summed E-state index contributed by atoms with van der Waals surface area (Å²) < 4.78 is 0. The Morgan fingerprint density at radius 3 is 2.72 bits per heavy atom. The van der Waals surface area contributed by atoms with Crippen LogP contribution in [0.15, 0.2) is 0 Å². The lowest BCUT2D eigenvalue weighted by atomic mass is 9.70. The lowest BCUT2D eigenvalue weighted by molar-refractivity contribution is 0.0348. The SMILES string of the molecule is CC#CCCC(NN)C1(N(C)C)CCCC(C)C1. The van der Waals surface area contributed by atoms with E-state index < -0.39 is 0 Å². The summed E-state index contributed by atoms with van der Waals surface area (Å²) in [5.41, 5.74) is 3.26. The van der Waals surface area contributed by atoms with Crippen molar-refractivity contribution in [3.05, 3.63) is 0 Å². The van der Waals surface area contributed by atoms with Crippen molar-refractivity contribution in [3.63, 3.8) is 0 Å². The van der Waals surface area contributed by atoms with Gasteiger partial charge in [-0.15, -0.1) is 11.8 Å². The highest BCUT2D eigenvalue weighted by atomic mass is 15.3. The third-order valence-corrected chi connectivity index (χ3v) is 4.48. The Morgan fingerprint density at radius 1 is 1.50 bits per heavy atom. The Morgan fingerprint density at radius 2 is 2.22 bits per heavy atom. The van der Waals surface area contributed by atoms with E-state index in [1.165, 1.54) is 25.7 Å². The molecule has 0 amide bonds. The van der Waals surface area contributed by atoms with Crippen molar-refractivity contribution < 1.29 is 0 Å². The summed E-state index contributed by atoms with van der Waals surface area (Å²) in [6.07, 6.45) is 7.07. The fraction of sp³-hybridized carbons (Fsp3) is 0.867. The molecule has 0 heterocycles. The molecule has 0 bridgehead atoms. The van der Waals surface area contributed by atoms with Crippen LogP contribution < -0.4 is 11.3 Å². The zero-order valence-electron chi connectivity index (χ0n) is 12.4. The summed E-state index contributed by atoms with van der Waals surface area (Å²) in [5.74, 6) is 12.7. The predicted molar refractivity (Wildman–Crippen MR) is 77.8 cm³/mol. The molecule has 3 heteroatoms. The third-order valence-electron chi connectivity index (χ3n) is 4.48. The highest BCUT2D eigenvalue weighted by Crippen LogP contribution is 2.39. The van der Waals surface area contributed by atoms with Crippen LogP contribution >= 0.6 is 0 Å². The van der Waals surface area contributed by atoms with Gasteiger partial charge in [0.2, 0.25) is 0 Å². The summed E-state index contributed by atoms with van der Waals surface area (Å²) in [7, 11) is 4.38. The number of rotatable bonds is 5. The topological polar surface area (TPSA) is 41.3 Å². The fourth-order valence-corrected chi connectivity index (χ4v) is 3.45. The standard InChI is InChI=1S/C15H29N3/c1-5-6-7-10-14(17-16)15(18(3)4)11-8-9-13(2)12-15/h13-14,17H,7-12,16H2,1-4H3. The molecule has 1 saturated carbocycles. The third kappa shape index (κ3) is 3.47. The predicted octanol–water partition coefficient (Wildman–Crippen LogP) is 2.13. The Hall–Kier alpha value is -0.560. The van der Waals surface area contributed by atoms with E-state index in [1.807, 2.05) is 6.92 Å². The van der Waals surface area contributed by atoms with Gasteiger partial charge in [-0.25, -0.2) is 0 Å². The van der Waals surface area contributed by atoms with Crippen LogP contribution in [0, 0.1) is 17.8 Å². The number of nitrogens with zero attached hydrogens (tertiary/aromatic N) is 1. The molecule has 3 unspecified atom stereocenters. The molecule has 1 fully saturated rings. The Labute approximate surface area is 112 Å². The molecular weight excluding hydrogens is 222 g/mol. The first kappa shape index (κ1) is 15.5. The molecule has 0 aromatic carbocycles. The maximum absolute atomic E-state index is 5.83. The van der Waals surface area contributed by atoms with Gasteiger partial charge in [0.1, 0.15) is 0 Å². The van der Waals surface area contributed by atoms with E-state index in [4.69, 9.17) is 5.84 Å². The van der Waals surface area contributed by atoms with Crippen LogP contribution in [0.5, 0.6) is 0 Å². The van der Waals surface area contributed by atoms with Crippen LogP contribution in [-0.2, 0) is 0 Å². The Bertz CT molecular complexity index is 303. The van der Waals surface area contributed by atoms with Gasteiger partial charge < -0.3 is 4.90 Å². The van der Waals surface area contributed by atoms with E-state index in [0.717, 1.165) is 18.8 Å². The van der Waals surface area contributed by atoms with Crippen LogP contribution in [0.1, 0.15) is 52.4 Å². The maximum Gasteiger partial charge on any atom is 0.0403 e. The van der Waals surface area contributed by atoms with Crippen LogP contribution in [-0.4, -0.2) is 30.6 Å². The lowest BCUT2D eigenvalue weighted by Gasteiger charge is -2.50. The molecule has 3 nitrogen and oxygen atoms in total. The number of nitrogens with two attached hydrogens (primary N) is 1. The second-order valence-electron chi connectivity index (χ2n) is 5.88. The highest BCUT2D eigenvalue weighted by molar-refractivity contribution is 5.04. The average molecular weight is 251 g/mol. The summed E-state index contributed by atoms with van der Waals surface area (Å²) in [6.45, 7) is 4.26. The van der Waals surface area contributed by atoms with Gasteiger partial charge in [0, 0.05) is 18.0 Å². The molecule has 1 aliphatic carbocycles. The zero-order chi connectivity index (χ0) is 13.6. The first-order valence-corrected chi connectivity index (χ1v) is 7.10. The second kappa shape index (κ2) is 7.13. The van der Waals surface area contributed by atoms with E-state index in [0.29, 0.717) is 6.04 Å². The molecule has 0 saturated heterocycles. The summed E-state index contributed by atoms with van der Waals surface area (Å²) in [5, 5.41) is 0. The number of nitrogens with one attached hydrogen (secondary N) is 1. The molecule has 0 aliphatic heterocycles. The summed E-state index contributed by atoms with van der Waals surface area (Å²) >= 11 is 0. The molecule has 0 spiro atoms. The molecule has 104 valence electrons. The van der Waals surface area contributed by atoms with E-state index in [2.05, 4.69) is 43.2 Å². The van der Waals surface area contributed by atoms with Crippen LogP contribution in [0.3, 0.4) is 0 Å². The van der Waals surface area contributed by atoms with Gasteiger partial charge in [-0.05, 0) is 46.2 Å². The smallest absolute Gasteiger partial charge is 0.0403 e. The largest absolute Gasteiger partial charge is 0.302 e. The van der Waals surface area contributed by atoms with Gasteiger partial charge in [-0.3, -0.25) is 11.3 Å². The van der Waals surface area contributed by atoms with Crippen molar-refractivity contribution in [1.82, 2.24) is 10.3 Å². The van der Waals surface area contributed by atoms with Gasteiger partial charge in [0.05, 0.1) is 0 Å². The molecule has 0 radical (unpaired) electrons. The number of hydrogen-bond acceptors (Lipinski definition) is 3. The van der Waals surface area contributed by atoms with Crippen LogP contribution in [0.25, 0.3) is 0 Å². The quantitative estimate of drug-likeness (QED) is 0.447. The lowest BCUT2D eigenvalue weighted by Crippen LogP contribution is -2.62. The molecular formula is C15H29N3. The maximum atomic E-state index is 5.83. The summed E-state index contributed by atoms with van der Waals surface area (Å²) in [4.78, 5) is 2.38. The van der Waals surface area contributed by atoms with Gasteiger partial charge in [0.15, 0.2) is 0 Å². The summed E-state index contributed by atoms with van der Waals surface area (Å²) in [6, 6.07) is 0.330. The molecule has 3 N–H and O–H groups in total. The first-order chi connectivity index (χ1) is 8.56. The Kier molecular flexibility index (Phi) is 6.14. The zero-order valence-corrected chi connectivity index (χ0v) is 12.4.